The molecule has 0 aliphatic carbocycles. The van der Waals surface area contributed by atoms with Crippen LogP contribution in [0.25, 0.3) is 11.3 Å². The standard InChI is InChI=1S/C19H24N4O3/c1-3-26-19(25)23-11-9-15(10-12-23)20-18(24)16-13-17(22(2)21-16)14-7-5-4-6-8-14/h4-8,13,15H,3,9-12H2,1-2H3,(H,20,24). The summed E-state index contributed by atoms with van der Waals surface area (Å²) >= 11 is 0. The molecule has 1 aromatic carbocycles. The fourth-order valence-electron chi connectivity index (χ4n) is 3.14. The van der Waals surface area contributed by atoms with Gasteiger partial charge in [0.05, 0.1) is 12.3 Å². The van der Waals surface area contributed by atoms with Crippen LogP contribution in [0.1, 0.15) is 30.3 Å². The molecular weight excluding hydrogens is 332 g/mol. The van der Waals surface area contributed by atoms with Crippen molar-refractivity contribution in [3.8, 4) is 11.3 Å². The van der Waals surface area contributed by atoms with Crippen molar-refractivity contribution >= 4 is 12.0 Å². The number of nitrogens with one attached hydrogen (secondary N) is 1. The zero-order valence-corrected chi connectivity index (χ0v) is 15.1. The fraction of sp³-hybridized carbons (Fsp3) is 0.421. The van der Waals surface area contributed by atoms with Crippen LogP contribution in [0, 0.1) is 0 Å². The van der Waals surface area contributed by atoms with Gasteiger partial charge in [-0.1, -0.05) is 30.3 Å². The first-order chi connectivity index (χ1) is 12.6. The first kappa shape index (κ1) is 18.0. The van der Waals surface area contributed by atoms with E-state index in [0.717, 1.165) is 11.3 Å². The molecule has 2 heterocycles. The minimum atomic E-state index is -0.283. The van der Waals surface area contributed by atoms with Gasteiger partial charge in [0.1, 0.15) is 0 Å². The van der Waals surface area contributed by atoms with Crippen molar-refractivity contribution in [3.05, 3.63) is 42.1 Å². The molecule has 2 aromatic rings. The number of hydrogen-bond acceptors (Lipinski definition) is 4. The zero-order valence-electron chi connectivity index (χ0n) is 15.1. The Kier molecular flexibility index (Phi) is 5.55. The highest BCUT2D eigenvalue weighted by Crippen LogP contribution is 2.20. The molecule has 1 aromatic heterocycles. The molecule has 1 aliphatic heterocycles. The average Bonchev–Trinajstić information content (AvgIpc) is 3.05. The van der Waals surface area contributed by atoms with E-state index in [1.165, 1.54) is 0 Å². The lowest BCUT2D eigenvalue weighted by atomic mass is 10.1. The number of hydrogen-bond donors (Lipinski definition) is 1. The van der Waals surface area contributed by atoms with Gasteiger partial charge in [-0.3, -0.25) is 9.48 Å². The number of benzene rings is 1. The summed E-state index contributed by atoms with van der Waals surface area (Å²) in [5.41, 5.74) is 2.32. The van der Waals surface area contributed by atoms with Gasteiger partial charge in [0.15, 0.2) is 5.69 Å². The number of likely N-dealkylation sites (tertiary alicyclic amines) is 1. The molecule has 1 saturated heterocycles. The summed E-state index contributed by atoms with van der Waals surface area (Å²) in [7, 11) is 1.83. The summed E-state index contributed by atoms with van der Waals surface area (Å²) in [6.45, 7) is 3.34. The van der Waals surface area contributed by atoms with Crippen LogP contribution in [0.5, 0.6) is 0 Å². The van der Waals surface area contributed by atoms with Crippen molar-refractivity contribution in [2.75, 3.05) is 19.7 Å². The quantitative estimate of drug-likeness (QED) is 0.913. The van der Waals surface area contributed by atoms with E-state index in [1.807, 2.05) is 37.4 Å². The number of aryl methyl sites for hydroxylation is 1. The maximum atomic E-state index is 12.5. The van der Waals surface area contributed by atoms with Gasteiger partial charge in [0, 0.05) is 26.2 Å². The minimum absolute atomic E-state index is 0.0374. The summed E-state index contributed by atoms with van der Waals surface area (Å²) < 4.78 is 6.73. The molecule has 0 unspecified atom stereocenters. The maximum Gasteiger partial charge on any atom is 0.409 e. The van der Waals surface area contributed by atoms with Gasteiger partial charge in [-0.2, -0.15) is 5.10 Å². The number of piperidine rings is 1. The Hall–Kier alpha value is -2.83. The molecule has 0 radical (unpaired) electrons. The Morgan fingerprint density at radius 3 is 2.58 bits per heavy atom. The highest BCUT2D eigenvalue weighted by atomic mass is 16.6. The summed E-state index contributed by atoms with van der Waals surface area (Å²) in [5.74, 6) is -0.183. The highest BCUT2D eigenvalue weighted by Gasteiger charge is 2.25. The number of nitrogens with zero attached hydrogens (tertiary/aromatic N) is 3. The summed E-state index contributed by atoms with van der Waals surface area (Å²) in [4.78, 5) is 25.9. The third-order valence-electron chi connectivity index (χ3n) is 4.54. The molecule has 0 spiro atoms. The predicted octanol–water partition coefficient (Wildman–Crippen LogP) is 2.44. The lowest BCUT2D eigenvalue weighted by Gasteiger charge is -2.31. The smallest absolute Gasteiger partial charge is 0.409 e. The first-order valence-corrected chi connectivity index (χ1v) is 8.90. The normalized spacial score (nSPS) is 14.9. The Morgan fingerprint density at radius 1 is 1.23 bits per heavy atom. The van der Waals surface area contributed by atoms with Crippen LogP contribution >= 0.6 is 0 Å². The number of amides is 2. The number of carbonyl (C=O) groups excluding carboxylic acids is 2. The summed E-state index contributed by atoms with van der Waals surface area (Å²) in [6, 6.07) is 11.7. The topological polar surface area (TPSA) is 76.5 Å². The zero-order chi connectivity index (χ0) is 18.5. The van der Waals surface area contributed by atoms with Crippen molar-refractivity contribution in [2.45, 2.75) is 25.8 Å². The monoisotopic (exact) mass is 356 g/mol. The number of rotatable bonds is 4. The molecule has 0 saturated carbocycles. The van der Waals surface area contributed by atoms with Crippen LogP contribution in [-0.2, 0) is 11.8 Å². The highest BCUT2D eigenvalue weighted by molar-refractivity contribution is 5.93. The van der Waals surface area contributed by atoms with Gasteiger partial charge in [-0.25, -0.2) is 4.79 Å². The van der Waals surface area contributed by atoms with Gasteiger partial charge in [-0.05, 0) is 31.4 Å². The van der Waals surface area contributed by atoms with Crippen molar-refractivity contribution in [1.82, 2.24) is 20.0 Å². The summed E-state index contributed by atoms with van der Waals surface area (Å²) in [6.07, 6.45) is 1.14. The van der Waals surface area contributed by atoms with Crippen LogP contribution in [0.2, 0.25) is 0 Å². The SMILES string of the molecule is CCOC(=O)N1CCC(NC(=O)c2cc(-c3ccccc3)n(C)n2)CC1. The minimum Gasteiger partial charge on any atom is -0.450 e. The van der Waals surface area contributed by atoms with Crippen LogP contribution in [0.3, 0.4) is 0 Å². The van der Waals surface area contributed by atoms with Crippen LogP contribution in [-0.4, -0.2) is 52.4 Å². The molecule has 7 nitrogen and oxygen atoms in total. The van der Waals surface area contributed by atoms with Gasteiger partial charge < -0.3 is 15.0 Å². The third kappa shape index (κ3) is 4.04. The molecule has 1 N–H and O–H groups in total. The first-order valence-electron chi connectivity index (χ1n) is 8.90. The van der Waals surface area contributed by atoms with E-state index in [4.69, 9.17) is 4.74 Å². The van der Waals surface area contributed by atoms with Gasteiger partial charge >= 0.3 is 6.09 Å². The fourth-order valence-corrected chi connectivity index (χ4v) is 3.14. The molecule has 138 valence electrons. The number of carbonyl (C=O) groups is 2. The molecule has 7 heteroatoms. The van der Waals surface area contributed by atoms with E-state index in [9.17, 15) is 9.59 Å². The third-order valence-corrected chi connectivity index (χ3v) is 4.54. The van der Waals surface area contributed by atoms with Crippen molar-refractivity contribution in [2.24, 2.45) is 7.05 Å². The van der Waals surface area contributed by atoms with E-state index in [0.29, 0.717) is 38.2 Å². The summed E-state index contributed by atoms with van der Waals surface area (Å²) in [5, 5.41) is 7.37. The molecule has 1 aliphatic rings. The van der Waals surface area contributed by atoms with Gasteiger partial charge in [0.2, 0.25) is 0 Å². The molecule has 0 bridgehead atoms. The number of aromatic nitrogens is 2. The second-order valence-electron chi connectivity index (χ2n) is 6.34. The van der Waals surface area contributed by atoms with E-state index in [1.54, 1.807) is 22.6 Å². The molecule has 1 fully saturated rings. The second-order valence-corrected chi connectivity index (χ2v) is 6.34. The molecular formula is C19H24N4O3. The van der Waals surface area contributed by atoms with Crippen molar-refractivity contribution in [3.63, 3.8) is 0 Å². The van der Waals surface area contributed by atoms with Crippen molar-refractivity contribution < 1.29 is 14.3 Å². The van der Waals surface area contributed by atoms with E-state index >= 15 is 0 Å². The van der Waals surface area contributed by atoms with E-state index in [2.05, 4.69) is 10.4 Å². The Labute approximate surface area is 152 Å². The molecule has 0 atom stereocenters. The predicted molar refractivity (Wildman–Crippen MR) is 97.7 cm³/mol. The second kappa shape index (κ2) is 8.03. The lowest BCUT2D eigenvalue weighted by Crippen LogP contribution is -2.46. The van der Waals surface area contributed by atoms with E-state index in [-0.39, 0.29) is 18.0 Å². The van der Waals surface area contributed by atoms with Crippen molar-refractivity contribution in [1.29, 1.82) is 0 Å². The molecule has 2 amide bonds. The van der Waals surface area contributed by atoms with Gasteiger partial charge in [0.25, 0.3) is 5.91 Å². The van der Waals surface area contributed by atoms with Crippen LogP contribution in [0.15, 0.2) is 36.4 Å². The maximum absolute atomic E-state index is 12.5. The van der Waals surface area contributed by atoms with E-state index < -0.39 is 0 Å². The molecule has 3 rings (SSSR count). The molecule has 26 heavy (non-hydrogen) atoms. The Balaban J connectivity index is 1.59. The van der Waals surface area contributed by atoms with Crippen LogP contribution in [0.4, 0.5) is 4.79 Å². The Morgan fingerprint density at radius 2 is 1.92 bits per heavy atom. The Bertz CT molecular complexity index is 764. The largest absolute Gasteiger partial charge is 0.450 e. The average molecular weight is 356 g/mol. The van der Waals surface area contributed by atoms with Crippen LogP contribution < -0.4 is 5.32 Å². The van der Waals surface area contributed by atoms with Gasteiger partial charge in [-0.15, -0.1) is 0 Å². The number of ether oxygens (including phenoxy) is 1. The lowest BCUT2D eigenvalue weighted by molar-refractivity contribution is 0.0856.